The van der Waals surface area contributed by atoms with Crippen molar-refractivity contribution in [2.45, 2.75) is 45.1 Å². The van der Waals surface area contributed by atoms with Crippen molar-refractivity contribution in [1.82, 2.24) is 14.9 Å². The molecule has 1 saturated carbocycles. The molecule has 5 rings (SSSR count). The number of hydrogen-bond acceptors (Lipinski definition) is 4. The van der Waals surface area contributed by atoms with Gasteiger partial charge in [-0.1, -0.05) is 23.7 Å². The Bertz CT molecular complexity index is 923. The van der Waals surface area contributed by atoms with Crippen LogP contribution in [0.3, 0.4) is 0 Å². The summed E-state index contributed by atoms with van der Waals surface area (Å²) >= 11 is 5.90. The van der Waals surface area contributed by atoms with Crippen LogP contribution in [0.2, 0.25) is 5.02 Å². The Morgan fingerprint density at radius 3 is 2.70 bits per heavy atom. The molecule has 2 aromatic rings. The monoisotopic (exact) mass is 424 g/mol. The molecular weight excluding hydrogens is 396 g/mol. The van der Waals surface area contributed by atoms with Crippen molar-refractivity contribution in [2.24, 2.45) is 17.8 Å². The molecule has 3 heterocycles. The number of aryl methyl sites for hydroxylation is 1. The first-order chi connectivity index (χ1) is 14.6. The van der Waals surface area contributed by atoms with E-state index in [-0.39, 0.29) is 5.91 Å². The third-order valence-corrected chi connectivity index (χ3v) is 7.40. The molecule has 2 fully saturated rings. The van der Waals surface area contributed by atoms with Crippen molar-refractivity contribution < 1.29 is 4.79 Å². The second-order valence-electron chi connectivity index (χ2n) is 9.23. The van der Waals surface area contributed by atoms with Gasteiger partial charge in [0.2, 0.25) is 5.95 Å². The van der Waals surface area contributed by atoms with Crippen molar-refractivity contribution in [3.05, 3.63) is 52.3 Å². The molecule has 30 heavy (non-hydrogen) atoms. The lowest BCUT2D eigenvalue weighted by atomic mass is 9.90. The summed E-state index contributed by atoms with van der Waals surface area (Å²) in [5.74, 6) is 3.67. The molecule has 0 N–H and O–H groups in total. The minimum Gasteiger partial charge on any atom is -0.341 e. The Kier molecular flexibility index (Phi) is 5.40. The number of carbonyl (C=O) groups is 1. The van der Waals surface area contributed by atoms with Crippen LogP contribution in [-0.2, 0) is 13.0 Å². The maximum Gasteiger partial charge on any atom is 0.254 e. The van der Waals surface area contributed by atoms with E-state index in [1.165, 1.54) is 43.2 Å². The van der Waals surface area contributed by atoms with Crippen LogP contribution in [0.1, 0.15) is 53.6 Å². The van der Waals surface area contributed by atoms with E-state index in [0.29, 0.717) is 5.02 Å². The van der Waals surface area contributed by atoms with Crippen molar-refractivity contribution in [2.75, 3.05) is 25.0 Å². The Morgan fingerprint density at radius 2 is 1.93 bits per heavy atom. The SMILES string of the molecule is CN1Cc2cc(CCCC3C[C@@H]3C3CCN(c4ncc(Cl)cn4)CC3)ccc2C1=O. The van der Waals surface area contributed by atoms with Crippen LogP contribution in [0, 0.1) is 17.8 Å². The van der Waals surface area contributed by atoms with Gasteiger partial charge < -0.3 is 9.80 Å². The minimum atomic E-state index is 0.158. The molecule has 3 aliphatic rings. The van der Waals surface area contributed by atoms with E-state index in [1.807, 2.05) is 13.1 Å². The molecule has 1 saturated heterocycles. The number of carbonyl (C=O) groups excluding carboxylic acids is 1. The predicted molar refractivity (Wildman–Crippen MR) is 119 cm³/mol. The fourth-order valence-corrected chi connectivity index (χ4v) is 5.52. The van der Waals surface area contributed by atoms with Crippen molar-refractivity contribution in [1.29, 1.82) is 0 Å². The summed E-state index contributed by atoms with van der Waals surface area (Å²) in [5.41, 5.74) is 3.46. The number of anilines is 1. The van der Waals surface area contributed by atoms with Gasteiger partial charge in [0.25, 0.3) is 5.91 Å². The third-order valence-electron chi connectivity index (χ3n) is 7.21. The lowest BCUT2D eigenvalue weighted by Gasteiger charge is -2.32. The smallest absolute Gasteiger partial charge is 0.254 e. The van der Waals surface area contributed by atoms with Gasteiger partial charge in [0.1, 0.15) is 0 Å². The van der Waals surface area contributed by atoms with Gasteiger partial charge in [0, 0.05) is 32.2 Å². The minimum absolute atomic E-state index is 0.158. The summed E-state index contributed by atoms with van der Waals surface area (Å²) in [5, 5.41) is 0.593. The lowest BCUT2D eigenvalue weighted by Crippen LogP contribution is -2.35. The second-order valence-corrected chi connectivity index (χ2v) is 9.67. The molecular formula is C24H29ClN4O. The zero-order chi connectivity index (χ0) is 20.7. The molecule has 0 bridgehead atoms. The molecule has 1 amide bonds. The Labute approximate surface area is 183 Å². The number of rotatable bonds is 6. The van der Waals surface area contributed by atoms with Gasteiger partial charge in [-0.15, -0.1) is 0 Å². The number of amides is 1. The fraction of sp³-hybridized carbons (Fsp3) is 0.542. The number of nitrogens with zero attached hydrogens (tertiary/aromatic N) is 4. The fourth-order valence-electron chi connectivity index (χ4n) is 5.42. The van der Waals surface area contributed by atoms with E-state index in [4.69, 9.17) is 11.6 Å². The highest BCUT2D eigenvalue weighted by Gasteiger charge is 2.43. The highest BCUT2D eigenvalue weighted by molar-refractivity contribution is 6.30. The molecule has 5 nitrogen and oxygen atoms in total. The molecule has 1 aromatic heterocycles. The van der Waals surface area contributed by atoms with Gasteiger partial charge in [0.15, 0.2) is 0 Å². The van der Waals surface area contributed by atoms with E-state index in [9.17, 15) is 4.79 Å². The zero-order valence-corrected chi connectivity index (χ0v) is 18.3. The normalized spacial score (nSPS) is 23.7. The third kappa shape index (κ3) is 4.04. The molecule has 1 aromatic carbocycles. The Balaban J connectivity index is 1.05. The average molecular weight is 425 g/mol. The van der Waals surface area contributed by atoms with Gasteiger partial charge in [-0.05, 0) is 73.5 Å². The number of benzene rings is 1. The summed E-state index contributed by atoms with van der Waals surface area (Å²) in [6.07, 6.45) is 11.0. The van der Waals surface area contributed by atoms with Crippen molar-refractivity contribution >= 4 is 23.5 Å². The first-order valence-electron chi connectivity index (χ1n) is 11.2. The first kappa shape index (κ1) is 19.8. The van der Waals surface area contributed by atoms with Gasteiger partial charge in [0.05, 0.1) is 17.4 Å². The number of hydrogen-bond donors (Lipinski definition) is 0. The number of fused-ring (bicyclic) bond motifs is 1. The quantitative estimate of drug-likeness (QED) is 0.680. The van der Waals surface area contributed by atoms with Gasteiger partial charge in [-0.3, -0.25) is 4.79 Å². The molecule has 0 radical (unpaired) electrons. The van der Waals surface area contributed by atoms with E-state index < -0.39 is 0 Å². The van der Waals surface area contributed by atoms with Gasteiger partial charge >= 0.3 is 0 Å². The highest BCUT2D eigenvalue weighted by atomic mass is 35.5. The maximum absolute atomic E-state index is 12.0. The second kappa shape index (κ2) is 8.18. The molecule has 2 atom stereocenters. The van der Waals surface area contributed by atoms with Crippen LogP contribution in [0.25, 0.3) is 0 Å². The Hall–Kier alpha value is -2.14. The highest BCUT2D eigenvalue weighted by Crippen LogP contribution is 2.50. The van der Waals surface area contributed by atoms with Gasteiger partial charge in [-0.2, -0.15) is 0 Å². The van der Waals surface area contributed by atoms with Gasteiger partial charge in [-0.25, -0.2) is 9.97 Å². The van der Waals surface area contributed by atoms with Crippen LogP contribution in [0.4, 0.5) is 5.95 Å². The van der Waals surface area contributed by atoms with Crippen LogP contribution < -0.4 is 4.90 Å². The van der Waals surface area contributed by atoms with Crippen LogP contribution >= 0.6 is 11.6 Å². The molecule has 158 valence electrons. The lowest BCUT2D eigenvalue weighted by molar-refractivity contribution is 0.0816. The summed E-state index contributed by atoms with van der Waals surface area (Å²) < 4.78 is 0. The molecule has 2 aliphatic heterocycles. The van der Waals surface area contributed by atoms with E-state index in [2.05, 4.69) is 27.0 Å². The van der Waals surface area contributed by atoms with E-state index in [0.717, 1.165) is 55.3 Å². The maximum atomic E-state index is 12.0. The zero-order valence-electron chi connectivity index (χ0n) is 17.6. The largest absolute Gasteiger partial charge is 0.341 e. The van der Waals surface area contributed by atoms with E-state index in [1.54, 1.807) is 17.3 Å². The standard InChI is InChI=1S/C24H29ClN4O/c1-28-15-19-11-16(5-6-21(19)23(28)30)3-2-4-18-12-22(18)17-7-9-29(10-8-17)24-26-13-20(25)14-27-24/h5-6,11,13-14,17-18,22H,2-4,7-10,12,15H2,1H3/t18?,22-/m1/s1. The van der Waals surface area contributed by atoms with Crippen LogP contribution in [-0.4, -0.2) is 40.9 Å². The van der Waals surface area contributed by atoms with Crippen LogP contribution in [0.15, 0.2) is 30.6 Å². The number of halogens is 1. The molecule has 6 heteroatoms. The Morgan fingerprint density at radius 1 is 1.17 bits per heavy atom. The van der Waals surface area contributed by atoms with E-state index >= 15 is 0 Å². The molecule has 1 unspecified atom stereocenters. The summed E-state index contributed by atoms with van der Waals surface area (Å²) in [7, 11) is 1.88. The first-order valence-corrected chi connectivity index (χ1v) is 11.6. The summed E-state index contributed by atoms with van der Waals surface area (Å²) in [4.78, 5) is 24.8. The summed E-state index contributed by atoms with van der Waals surface area (Å²) in [6, 6.07) is 6.42. The van der Waals surface area contributed by atoms with Crippen LogP contribution in [0.5, 0.6) is 0 Å². The average Bonchev–Trinajstić information content (AvgIpc) is 3.47. The number of piperidine rings is 1. The summed E-state index contributed by atoms with van der Waals surface area (Å²) in [6.45, 7) is 2.86. The topological polar surface area (TPSA) is 49.3 Å². The molecule has 1 aliphatic carbocycles. The predicted octanol–water partition coefficient (Wildman–Crippen LogP) is 4.59. The van der Waals surface area contributed by atoms with Crippen molar-refractivity contribution in [3.8, 4) is 0 Å². The molecule has 0 spiro atoms. The number of aromatic nitrogens is 2. The van der Waals surface area contributed by atoms with Crippen molar-refractivity contribution in [3.63, 3.8) is 0 Å².